The molecular formula is C17H18N2O2. The van der Waals surface area contributed by atoms with E-state index in [1.807, 2.05) is 42.5 Å². The van der Waals surface area contributed by atoms with Gasteiger partial charge in [-0.1, -0.05) is 54.6 Å². The number of fused-ring (bicyclic) bond motifs is 1. The van der Waals surface area contributed by atoms with Crippen LogP contribution in [0.3, 0.4) is 0 Å². The molecule has 0 aromatic heterocycles. The Kier molecular flexibility index (Phi) is 4.17. The van der Waals surface area contributed by atoms with Gasteiger partial charge in [-0.25, -0.2) is 10.3 Å². The summed E-state index contributed by atoms with van der Waals surface area (Å²) in [6.45, 7) is 0.357. The summed E-state index contributed by atoms with van der Waals surface area (Å²) in [4.78, 5) is 17.1. The van der Waals surface area contributed by atoms with Crippen LogP contribution in [0.15, 0.2) is 54.6 Å². The summed E-state index contributed by atoms with van der Waals surface area (Å²) >= 11 is 0. The van der Waals surface area contributed by atoms with E-state index < -0.39 is 0 Å². The van der Waals surface area contributed by atoms with Crippen LogP contribution in [-0.4, -0.2) is 6.03 Å². The third kappa shape index (κ3) is 3.41. The zero-order valence-corrected chi connectivity index (χ0v) is 11.7. The van der Waals surface area contributed by atoms with E-state index >= 15 is 0 Å². The van der Waals surface area contributed by atoms with Crippen molar-refractivity contribution < 1.29 is 9.63 Å². The Morgan fingerprint density at radius 2 is 1.86 bits per heavy atom. The van der Waals surface area contributed by atoms with Crippen molar-refractivity contribution in [3.63, 3.8) is 0 Å². The first-order valence-corrected chi connectivity index (χ1v) is 7.13. The van der Waals surface area contributed by atoms with E-state index in [1.54, 1.807) is 0 Å². The van der Waals surface area contributed by atoms with Gasteiger partial charge in [-0.15, -0.1) is 0 Å². The van der Waals surface area contributed by atoms with Gasteiger partial charge >= 0.3 is 6.03 Å². The van der Waals surface area contributed by atoms with E-state index in [4.69, 9.17) is 4.84 Å². The van der Waals surface area contributed by atoms with Crippen molar-refractivity contribution in [3.8, 4) is 0 Å². The normalized spacial score (nSPS) is 16.3. The summed E-state index contributed by atoms with van der Waals surface area (Å²) in [6, 6.07) is 17.7. The Balaban J connectivity index is 1.47. The van der Waals surface area contributed by atoms with Crippen molar-refractivity contribution in [2.45, 2.75) is 25.5 Å². The van der Waals surface area contributed by atoms with E-state index in [2.05, 4.69) is 22.9 Å². The van der Waals surface area contributed by atoms with Gasteiger partial charge in [-0.05, 0) is 29.5 Å². The number of rotatable bonds is 4. The number of benzene rings is 2. The molecule has 1 aliphatic rings. The molecule has 2 amide bonds. The summed E-state index contributed by atoms with van der Waals surface area (Å²) in [6.07, 6.45) is 1.94. The fraction of sp³-hybridized carbons (Fsp3) is 0.235. The van der Waals surface area contributed by atoms with Gasteiger partial charge < -0.3 is 5.32 Å². The minimum absolute atomic E-state index is 0.0709. The zero-order valence-electron chi connectivity index (χ0n) is 11.7. The standard InChI is InChI=1S/C17H18N2O2/c20-17(19-21-12-13-6-2-1-3-7-13)18-16-11-10-14-8-4-5-9-15(14)16/h1-9,16H,10-12H2,(H2,18,19,20). The first-order chi connectivity index (χ1) is 10.3. The third-order valence-electron chi connectivity index (χ3n) is 3.68. The highest BCUT2D eigenvalue weighted by Crippen LogP contribution is 2.30. The lowest BCUT2D eigenvalue weighted by atomic mass is 10.1. The Bertz CT molecular complexity index is 613. The molecular weight excluding hydrogens is 264 g/mol. The van der Waals surface area contributed by atoms with Gasteiger partial charge in [0.05, 0.1) is 12.6 Å². The number of hydroxylamine groups is 1. The van der Waals surface area contributed by atoms with Crippen LogP contribution in [0, 0.1) is 0 Å². The van der Waals surface area contributed by atoms with Crippen LogP contribution in [0.2, 0.25) is 0 Å². The molecule has 0 spiro atoms. The maximum absolute atomic E-state index is 11.9. The second-order valence-electron chi connectivity index (χ2n) is 5.14. The summed E-state index contributed by atoms with van der Waals surface area (Å²) in [5, 5.41) is 2.95. The maximum Gasteiger partial charge on any atom is 0.339 e. The Morgan fingerprint density at radius 3 is 2.71 bits per heavy atom. The Labute approximate surface area is 124 Å². The molecule has 0 bridgehead atoms. The topological polar surface area (TPSA) is 50.4 Å². The Morgan fingerprint density at radius 1 is 1.10 bits per heavy atom. The van der Waals surface area contributed by atoms with Crippen LogP contribution in [-0.2, 0) is 17.9 Å². The highest BCUT2D eigenvalue weighted by molar-refractivity contribution is 5.73. The summed E-state index contributed by atoms with van der Waals surface area (Å²) in [7, 11) is 0. The van der Waals surface area contributed by atoms with Gasteiger partial charge in [0, 0.05) is 0 Å². The number of nitrogens with one attached hydrogen (secondary N) is 2. The van der Waals surface area contributed by atoms with E-state index in [0.717, 1.165) is 18.4 Å². The zero-order chi connectivity index (χ0) is 14.5. The number of hydrogen-bond donors (Lipinski definition) is 2. The van der Waals surface area contributed by atoms with E-state index in [0.29, 0.717) is 6.61 Å². The maximum atomic E-state index is 11.9. The quantitative estimate of drug-likeness (QED) is 0.847. The van der Waals surface area contributed by atoms with Crippen molar-refractivity contribution in [2.75, 3.05) is 0 Å². The lowest BCUT2D eigenvalue weighted by Crippen LogP contribution is -2.37. The first-order valence-electron chi connectivity index (χ1n) is 7.13. The predicted molar refractivity (Wildman–Crippen MR) is 80.4 cm³/mol. The van der Waals surface area contributed by atoms with Gasteiger partial charge in [0.1, 0.15) is 0 Å². The van der Waals surface area contributed by atoms with Crippen molar-refractivity contribution in [2.24, 2.45) is 0 Å². The molecule has 4 heteroatoms. The molecule has 108 valence electrons. The van der Waals surface area contributed by atoms with Gasteiger partial charge in [-0.2, -0.15) is 0 Å². The lowest BCUT2D eigenvalue weighted by molar-refractivity contribution is 0.0481. The van der Waals surface area contributed by atoms with Crippen LogP contribution in [0.25, 0.3) is 0 Å². The van der Waals surface area contributed by atoms with Crippen LogP contribution < -0.4 is 10.8 Å². The fourth-order valence-corrected chi connectivity index (χ4v) is 2.65. The molecule has 0 saturated heterocycles. The van der Waals surface area contributed by atoms with Gasteiger partial charge in [-0.3, -0.25) is 4.84 Å². The molecule has 1 aliphatic carbocycles. The van der Waals surface area contributed by atoms with Gasteiger partial charge in [0.25, 0.3) is 0 Å². The fourth-order valence-electron chi connectivity index (χ4n) is 2.65. The average molecular weight is 282 g/mol. The van der Waals surface area contributed by atoms with E-state index in [9.17, 15) is 4.79 Å². The monoisotopic (exact) mass is 282 g/mol. The van der Waals surface area contributed by atoms with Crippen LogP contribution in [0.4, 0.5) is 4.79 Å². The van der Waals surface area contributed by atoms with E-state index in [1.165, 1.54) is 11.1 Å². The molecule has 2 N–H and O–H groups in total. The number of aryl methyl sites for hydroxylation is 1. The second-order valence-corrected chi connectivity index (χ2v) is 5.14. The van der Waals surface area contributed by atoms with Crippen LogP contribution in [0.5, 0.6) is 0 Å². The van der Waals surface area contributed by atoms with E-state index in [-0.39, 0.29) is 12.1 Å². The first kappa shape index (κ1) is 13.6. The molecule has 4 nitrogen and oxygen atoms in total. The number of urea groups is 1. The minimum Gasteiger partial charge on any atom is -0.330 e. The third-order valence-corrected chi connectivity index (χ3v) is 3.68. The highest BCUT2D eigenvalue weighted by atomic mass is 16.7. The molecule has 2 aromatic carbocycles. The summed E-state index contributed by atoms with van der Waals surface area (Å²) < 4.78 is 0. The predicted octanol–water partition coefficient (Wildman–Crippen LogP) is 3.10. The SMILES string of the molecule is O=C(NOCc1ccccc1)NC1CCc2ccccc21. The Hall–Kier alpha value is -2.33. The molecule has 0 heterocycles. The van der Waals surface area contributed by atoms with Crippen molar-refractivity contribution in [1.82, 2.24) is 10.8 Å². The smallest absolute Gasteiger partial charge is 0.330 e. The molecule has 21 heavy (non-hydrogen) atoms. The highest BCUT2D eigenvalue weighted by Gasteiger charge is 2.23. The van der Waals surface area contributed by atoms with Crippen LogP contribution in [0.1, 0.15) is 29.2 Å². The molecule has 1 atom stereocenters. The number of hydrogen-bond acceptors (Lipinski definition) is 2. The van der Waals surface area contributed by atoms with Crippen molar-refractivity contribution in [1.29, 1.82) is 0 Å². The molecule has 0 fully saturated rings. The molecule has 0 saturated carbocycles. The molecule has 1 unspecified atom stereocenters. The number of carbonyl (C=O) groups excluding carboxylic acids is 1. The summed E-state index contributed by atoms with van der Waals surface area (Å²) in [5.41, 5.74) is 5.97. The van der Waals surface area contributed by atoms with Crippen molar-refractivity contribution in [3.05, 3.63) is 71.3 Å². The van der Waals surface area contributed by atoms with Gasteiger partial charge in [0.15, 0.2) is 0 Å². The second kappa shape index (κ2) is 6.41. The number of amides is 2. The number of carbonyl (C=O) groups is 1. The van der Waals surface area contributed by atoms with Gasteiger partial charge in [0.2, 0.25) is 0 Å². The molecule has 0 radical (unpaired) electrons. The lowest BCUT2D eigenvalue weighted by Gasteiger charge is -2.14. The minimum atomic E-state index is -0.298. The summed E-state index contributed by atoms with van der Waals surface area (Å²) in [5.74, 6) is 0. The molecule has 2 aromatic rings. The van der Waals surface area contributed by atoms with Crippen LogP contribution >= 0.6 is 0 Å². The largest absolute Gasteiger partial charge is 0.339 e. The average Bonchev–Trinajstić information content (AvgIpc) is 2.92. The van der Waals surface area contributed by atoms with Crippen molar-refractivity contribution >= 4 is 6.03 Å². The molecule has 3 rings (SSSR count). The molecule has 0 aliphatic heterocycles.